The first-order chi connectivity index (χ1) is 9.05. The summed E-state index contributed by atoms with van der Waals surface area (Å²) in [6.07, 6.45) is 9.49. The van der Waals surface area contributed by atoms with Gasteiger partial charge in [-0.05, 0) is 43.9 Å². The average molecular weight is 333 g/mol. The minimum Gasteiger partial charge on any atom is -0.378 e. The van der Waals surface area contributed by atoms with Gasteiger partial charge in [-0.25, -0.2) is 0 Å². The third-order valence-corrected chi connectivity index (χ3v) is 5.79. The smallest absolute Gasteiger partial charge is 0.0580 e. The molecule has 114 valence electrons. The van der Waals surface area contributed by atoms with Crippen molar-refractivity contribution in [2.75, 3.05) is 11.9 Å². The molecule has 0 aromatic rings. The molecule has 0 aromatic carbocycles. The van der Waals surface area contributed by atoms with Gasteiger partial charge in [0.1, 0.15) is 0 Å². The van der Waals surface area contributed by atoms with E-state index >= 15 is 0 Å². The molecule has 2 atom stereocenters. The molecular formula is C17H33BrO. The summed E-state index contributed by atoms with van der Waals surface area (Å²) in [4.78, 5) is 0. The van der Waals surface area contributed by atoms with E-state index < -0.39 is 0 Å². The van der Waals surface area contributed by atoms with E-state index in [1.165, 1.54) is 44.9 Å². The van der Waals surface area contributed by atoms with E-state index in [0.717, 1.165) is 23.8 Å². The van der Waals surface area contributed by atoms with Crippen LogP contribution in [0.4, 0.5) is 0 Å². The quantitative estimate of drug-likeness (QED) is 0.509. The molecule has 1 aliphatic carbocycles. The maximum atomic E-state index is 6.36. The zero-order valence-electron chi connectivity index (χ0n) is 13.4. The molecule has 1 saturated carbocycles. The third-order valence-electron chi connectivity index (χ3n) is 4.60. The Bertz CT molecular complexity index is 225. The summed E-state index contributed by atoms with van der Waals surface area (Å²) < 4.78 is 6.36. The average Bonchev–Trinajstić information content (AvgIpc) is 2.35. The number of halogens is 1. The molecule has 19 heavy (non-hydrogen) atoms. The van der Waals surface area contributed by atoms with Crippen molar-refractivity contribution in [1.82, 2.24) is 0 Å². The first kappa shape index (κ1) is 17.5. The Morgan fingerprint density at radius 1 is 1.00 bits per heavy atom. The molecule has 0 radical (unpaired) electrons. The molecule has 0 aromatic heterocycles. The molecule has 0 bridgehead atoms. The lowest BCUT2D eigenvalue weighted by Gasteiger charge is -2.36. The third kappa shape index (κ3) is 5.75. The predicted octanol–water partition coefficient (Wildman–Crippen LogP) is 5.81. The van der Waals surface area contributed by atoms with Gasteiger partial charge in [-0.15, -0.1) is 0 Å². The summed E-state index contributed by atoms with van der Waals surface area (Å²) in [5.74, 6) is 1.67. The molecule has 0 heterocycles. The second-order valence-corrected chi connectivity index (χ2v) is 7.54. The zero-order valence-corrected chi connectivity index (χ0v) is 15.0. The van der Waals surface area contributed by atoms with Gasteiger partial charge in [0.25, 0.3) is 0 Å². The summed E-state index contributed by atoms with van der Waals surface area (Å²) in [7, 11) is 0. The van der Waals surface area contributed by atoms with Gasteiger partial charge in [0.05, 0.1) is 12.7 Å². The van der Waals surface area contributed by atoms with Crippen LogP contribution in [0.3, 0.4) is 0 Å². The lowest BCUT2D eigenvalue weighted by Crippen LogP contribution is -2.34. The zero-order chi connectivity index (χ0) is 14.3. The maximum Gasteiger partial charge on any atom is 0.0580 e. The van der Waals surface area contributed by atoms with Gasteiger partial charge in [-0.3, -0.25) is 0 Å². The van der Waals surface area contributed by atoms with Crippen LogP contribution in [-0.4, -0.2) is 18.0 Å². The molecule has 1 fully saturated rings. The molecule has 1 nitrogen and oxygen atoms in total. The van der Waals surface area contributed by atoms with Crippen LogP contribution in [0.2, 0.25) is 0 Å². The Morgan fingerprint density at radius 3 is 1.95 bits per heavy atom. The van der Waals surface area contributed by atoms with Crippen molar-refractivity contribution in [3.05, 3.63) is 0 Å². The first-order valence-corrected chi connectivity index (χ1v) is 9.35. The Kier molecular flexibility index (Phi) is 7.98. The van der Waals surface area contributed by atoms with Crippen molar-refractivity contribution in [2.24, 2.45) is 17.3 Å². The highest BCUT2D eigenvalue weighted by Gasteiger charge is 2.31. The Balaban J connectivity index is 2.50. The minimum absolute atomic E-state index is 0.368. The van der Waals surface area contributed by atoms with Crippen LogP contribution < -0.4 is 0 Å². The largest absolute Gasteiger partial charge is 0.378 e. The molecule has 2 unspecified atom stereocenters. The maximum absolute atomic E-state index is 6.36. The van der Waals surface area contributed by atoms with Crippen molar-refractivity contribution < 1.29 is 4.74 Å². The number of hydrogen-bond donors (Lipinski definition) is 0. The highest BCUT2D eigenvalue weighted by molar-refractivity contribution is 9.09. The van der Waals surface area contributed by atoms with E-state index in [1.807, 2.05) is 0 Å². The highest BCUT2D eigenvalue weighted by atomic mass is 79.9. The molecule has 0 aliphatic heterocycles. The highest BCUT2D eigenvalue weighted by Crippen LogP contribution is 2.35. The van der Waals surface area contributed by atoms with Gasteiger partial charge < -0.3 is 4.74 Å². The van der Waals surface area contributed by atoms with E-state index in [-0.39, 0.29) is 0 Å². The molecule has 0 saturated heterocycles. The van der Waals surface area contributed by atoms with Crippen molar-refractivity contribution in [2.45, 2.75) is 78.7 Å². The summed E-state index contributed by atoms with van der Waals surface area (Å²) in [6.45, 7) is 10.3. The van der Waals surface area contributed by atoms with Gasteiger partial charge in [0.15, 0.2) is 0 Å². The minimum atomic E-state index is 0.368. The summed E-state index contributed by atoms with van der Waals surface area (Å²) >= 11 is 3.74. The van der Waals surface area contributed by atoms with Gasteiger partial charge in [0, 0.05) is 10.7 Å². The van der Waals surface area contributed by atoms with Gasteiger partial charge in [0.2, 0.25) is 0 Å². The van der Waals surface area contributed by atoms with Crippen LogP contribution in [0.5, 0.6) is 0 Å². The fourth-order valence-electron chi connectivity index (χ4n) is 3.81. The standard InChI is InChI=1S/C17H33BrO/c1-5-7-17(12-18,8-6-2)13-19-16-10-14(3)9-15(4)11-16/h14-16H,5-13H2,1-4H3. The van der Waals surface area contributed by atoms with Crippen LogP contribution in [0.15, 0.2) is 0 Å². The molecule has 0 amide bonds. The summed E-state index contributed by atoms with van der Waals surface area (Å²) in [5, 5.41) is 1.08. The van der Waals surface area contributed by atoms with Crippen molar-refractivity contribution in [3.63, 3.8) is 0 Å². The molecular weight excluding hydrogens is 300 g/mol. The Labute approximate surface area is 129 Å². The fraction of sp³-hybridized carbons (Fsp3) is 1.00. The van der Waals surface area contributed by atoms with E-state index in [4.69, 9.17) is 4.74 Å². The first-order valence-electron chi connectivity index (χ1n) is 8.22. The number of rotatable bonds is 8. The van der Waals surface area contributed by atoms with Crippen molar-refractivity contribution in [1.29, 1.82) is 0 Å². The van der Waals surface area contributed by atoms with E-state index in [1.54, 1.807) is 0 Å². The number of hydrogen-bond acceptors (Lipinski definition) is 1. The Hall–Kier alpha value is 0.440. The van der Waals surface area contributed by atoms with Crippen molar-refractivity contribution >= 4 is 15.9 Å². The molecule has 2 heteroatoms. The number of alkyl halides is 1. The Morgan fingerprint density at radius 2 is 1.53 bits per heavy atom. The second-order valence-electron chi connectivity index (χ2n) is 6.98. The monoisotopic (exact) mass is 332 g/mol. The lowest BCUT2D eigenvalue weighted by atomic mass is 9.80. The molecule has 0 spiro atoms. The summed E-state index contributed by atoms with van der Waals surface area (Å²) in [6, 6.07) is 0. The van der Waals surface area contributed by atoms with Crippen LogP contribution >= 0.6 is 15.9 Å². The second kappa shape index (κ2) is 8.67. The molecule has 1 rings (SSSR count). The van der Waals surface area contributed by atoms with Gasteiger partial charge in [-0.1, -0.05) is 56.5 Å². The summed E-state index contributed by atoms with van der Waals surface area (Å²) in [5.41, 5.74) is 0.368. The van der Waals surface area contributed by atoms with Crippen molar-refractivity contribution in [3.8, 4) is 0 Å². The topological polar surface area (TPSA) is 9.23 Å². The lowest BCUT2D eigenvalue weighted by molar-refractivity contribution is -0.0417. The van der Waals surface area contributed by atoms with Crippen LogP contribution in [0.1, 0.15) is 72.6 Å². The van der Waals surface area contributed by atoms with Crippen LogP contribution in [-0.2, 0) is 4.74 Å². The van der Waals surface area contributed by atoms with Crippen LogP contribution in [0, 0.1) is 17.3 Å². The molecule has 1 aliphatic rings. The van der Waals surface area contributed by atoms with E-state index in [0.29, 0.717) is 11.5 Å². The fourth-order valence-corrected chi connectivity index (χ4v) is 4.53. The predicted molar refractivity (Wildman–Crippen MR) is 88.0 cm³/mol. The van der Waals surface area contributed by atoms with Crippen LogP contribution in [0.25, 0.3) is 0 Å². The van der Waals surface area contributed by atoms with Gasteiger partial charge >= 0.3 is 0 Å². The normalized spacial score (nSPS) is 28.6. The van der Waals surface area contributed by atoms with E-state index in [9.17, 15) is 0 Å². The SMILES string of the molecule is CCCC(CBr)(CCC)COC1CC(C)CC(C)C1. The molecule has 0 N–H and O–H groups in total. The van der Waals surface area contributed by atoms with Gasteiger partial charge in [-0.2, -0.15) is 0 Å². The van der Waals surface area contributed by atoms with E-state index in [2.05, 4.69) is 43.6 Å². The number of ether oxygens (including phenoxy) is 1.